The van der Waals surface area contributed by atoms with Crippen molar-refractivity contribution in [2.75, 3.05) is 0 Å². The van der Waals surface area contributed by atoms with E-state index in [1.807, 2.05) is 24.3 Å². The van der Waals surface area contributed by atoms with E-state index in [-0.39, 0.29) is 5.56 Å². The molecule has 82 valence electrons. The number of benzene rings is 1. The number of hydrogen-bond acceptors (Lipinski definition) is 4. The van der Waals surface area contributed by atoms with E-state index < -0.39 is 5.97 Å². The van der Waals surface area contributed by atoms with Crippen LogP contribution in [0.4, 0.5) is 0 Å². The third kappa shape index (κ3) is 2.09. The van der Waals surface area contributed by atoms with E-state index in [1.54, 1.807) is 0 Å². The van der Waals surface area contributed by atoms with E-state index in [0.717, 1.165) is 10.5 Å². The number of hydrogen-bond donors (Lipinski definition) is 2. The minimum atomic E-state index is -1.03. The summed E-state index contributed by atoms with van der Waals surface area (Å²) in [6.45, 7) is 0. The normalized spacial score (nSPS) is 10.3. The smallest absolute Gasteiger partial charge is 0.340 e. The maximum Gasteiger partial charge on any atom is 0.340 e. The molecule has 0 unspecified atom stereocenters. The fourth-order valence-corrected chi connectivity index (χ4v) is 1.64. The molecule has 1 aromatic heterocycles. The van der Waals surface area contributed by atoms with Crippen molar-refractivity contribution in [3.8, 4) is 0 Å². The van der Waals surface area contributed by atoms with Crippen LogP contribution in [-0.4, -0.2) is 16.2 Å². The lowest BCUT2D eigenvalue weighted by atomic mass is 10.1. The van der Waals surface area contributed by atoms with Crippen LogP contribution in [0.25, 0.3) is 0 Å². The Morgan fingerprint density at radius 3 is 2.88 bits per heavy atom. The quantitative estimate of drug-likeness (QED) is 0.801. The Hall–Kier alpha value is -1.75. The van der Waals surface area contributed by atoms with E-state index in [0.29, 0.717) is 12.2 Å². The molecule has 1 N–H and O–H groups in total. The fraction of sp³-hybridized carbons (Fsp3) is 0.0909. The Labute approximate surface area is 97.3 Å². The number of aromatic nitrogens is 1. The number of thiol groups is 1. The summed E-state index contributed by atoms with van der Waals surface area (Å²) >= 11 is 4.29. The summed E-state index contributed by atoms with van der Waals surface area (Å²) in [5.41, 5.74) is 1.00. The minimum absolute atomic E-state index is 0.0941. The van der Waals surface area contributed by atoms with Gasteiger partial charge in [-0.2, -0.15) is 0 Å². The predicted octanol–water partition coefficient (Wildman–Crippen LogP) is 2.25. The Bertz CT molecular complexity index is 521. The molecule has 0 aliphatic carbocycles. The highest BCUT2D eigenvalue weighted by Crippen LogP contribution is 2.19. The first kappa shape index (κ1) is 10.8. The first-order valence-corrected chi connectivity index (χ1v) is 5.07. The standard InChI is InChI=1S/C11H9NO3S/c13-11(14)8-6-12-15-9(8)5-7-3-1-2-4-10(7)16/h1-4,6,16H,5H2,(H,13,14). The van der Waals surface area contributed by atoms with Gasteiger partial charge in [-0.1, -0.05) is 23.4 Å². The van der Waals surface area contributed by atoms with E-state index >= 15 is 0 Å². The van der Waals surface area contributed by atoms with Crippen LogP contribution < -0.4 is 0 Å². The molecule has 0 saturated carbocycles. The lowest BCUT2D eigenvalue weighted by molar-refractivity contribution is 0.0694. The lowest BCUT2D eigenvalue weighted by Gasteiger charge is -2.02. The summed E-state index contributed by atoms with van der Waals surface area (Å²) in [5.74, 6) is -0.693. The Morgan fingerprint density at radius 2 is 2.19 bits per heavy atom. The fourth-order valence-electron chi connectivity index (χ4n) is 1.40. The molecule has 5 heteroatoms. The van der Waals surface area contributed by atoms with Crippen molar-refractivity contribution in [3.63, 3.8) is 0 Å². The molecule has 0 atom stereocenters. The number of nitrogens with zero attached hydrogens (tertiary/aromatic N) is 1. The van der Waals surface area contributed by atoms with Gasteiger partial charge in [-0.25, -0.2) is 4.79 Å². The van der Waals surface area contributed by atoms with Crippen LogP contribution in [0.2, 0.25) is 0 Å². The van der Waals surface area contributed by atoms with Gasteiger partial charge >= 0.3 is 5.97 Å². The first-order chi connectivity index (χ1) is 7.68. The molecular weight excluding hydrogens is 226 g/mol. The number of carboxylic acids is 1. The zero-order chi connectivity index (χ0) is 11.5. The second kappa shape index (κ2) is 4.40. The van der Waals surface area contributed by atoms with E-state index in [2.05, 4.69) is 17.8 Å². The van der Waals surface area contributed by atoms with Gasteiger partial charge in [-0.05, 0) is 11.6 Å². The van der Waals surface area contributed by atoms with Gasteiger partial charge in [0.2, 0.25) is 0 Å². The van der Waals surface area contributed by atoms with Crippen molar-refractivity contribution in [3.05, 3.63) is 47.3 Å². The predicted molar refractivity (Wildman–Crippen MR) is 60.0 cm³/mol. The van der Waals surface area contributed by atoms with Gasteiger partial charge < -0.3 is 9.63 Å². The average Bonchev–Trinajstić information content (AvgIpc) is 2.69. The third-order valence-corrected chi connectivity index (χ3v) is 2.65. The summed E-state index contributed by atoms with van der Waals surface area (Å²) in [4.78, 5) is 11.6. The molecule has 0 saturated heterocycles. The van der Waals surface area contributed by atoms with Crippen LogP contribution in [0, 0.1) is 0 Å². The van der Waals surface area contributed by atoms with Crippen LogP contribution in [-0.2, 0) is 6.42 Å². The zero-order valence-electron chi connectivity index (χ0n) is 8.25. The Kier molecular flexibility index (Phi) is 2.96. The highest BCUT2D eigenvalue weighted by molar-refractivity contribution is 7.80. The number of carboxylic acid groups (broad SMARTS) is 1. The van der Waals surface area contributed by atoms with Crippen molar-refractivity contribution in [2.45, 2.75) is 11.3 Å². The van der Waals surface area contributed by atoms with E-state index in [9.17, 15) is 4.79 Å². The summed E-state index contributed by atoms with van der Waals surface area (Å²) < 4.78 is 4.92. The molecule has 0 aliphatic rings. The lowest BCUT2D eigenvalue weighted by Crippen LogP contribution is -1.99. The minimum Gasteiger partial charge on any atom is -0.478 e. The molecule has 0 bridgehead atoms. The van der Waals surface area contributed by atoms with Crippen LogP contribution in [0.15, 0.2) is 39.9 Å². The van der Waals surface area contributed by atoms with Crippen molar-refractivity contribution < 1.29 is 14.4 Å². The SMILES string of the molecule is O=C(O)c1cnoc1Cc1ccccc1S. The Morgan fingerprint density at radius 1 is 1.44 bits per heavy atom. The van der Waals surface area contributed by atoms with Gasteiger partial charge in [0.1, 0.15) is 5.56 Å². The molecule has 0 radical (unpaired) electrons. The highest BCUT2D eigenvalue weighted by Gasteiger charge is 2.15. The molecule has 0 fully saturated rings. The topological polar surface area (TPSA) is 63.3 Å². The van der Waals surface area contributed by atoms with Gasteiger partial charge in [-0.3, -0.25) is 0 Å². The first-order valence-electron chi connectivity index (χ1n) is 4.62. The molecular formula is C11H9NO3S. The molecule has 16 heavy (non-hydrogen) atoms. The zero-order valence-corrected chi connectivity index (χ0v) is 9.15. The van der Waals surface area contributed by atoms with Crippen LogP contribution >= 0.6 is 12.6 Å². The highest BCUT2D eigenvalue weighted by atomic mass is 32.1. The van der Waals surface area contributed by atoms with Gasteiger partial charge in [-0.15, -0.1) is 12.6 Å². The maximum absolute atomic E-state index is 10.8. The number of rotatable bonds is 3. The van der Waals surface area contributed by atoms with Gasteiger partial charge in [0.05, 0.1) is 6.20 Å². The average molecular weight is 235 g/mol. The second-order valence-corrected chi connectivity index (χ2v) is 3.76. The molecule has 0 aliphatic heterocycles. The van der Waals surface area contributed by atoms with Crippen molar-refractivity contribution in [2.24, 2.45) is 0 Å². The Balaban J connectivity index is 2.31. The maximum atomic E-state index is 10.8. The third-order valence-electron chi connectivity index (χ3n) is 2.22. The van der Waals surface area contributed by atoms with Crippen LogP contribution in [0.3, 0.4) is 0 Å². The summed E-state index contributed by atoms with van der Waals surface area (Å²) in [6, 6.07) is 7.45. The van der Waals surface area contributed by atoms with Gasteiger partial charge in [0.25, 0.3) is 0 Å². The van der Waals surface area contributed by atoms with Crippen molar-refractivity contribution in [1.29, 1.82) is 0 Å². The number of carbonyl (C=O) groups is 1. The summed E-state index contributed by atoms with van der Waals surface area (Å²) in [6.07, 6.45) is 1.58. The van der Waals surface area contributed by atoms with Gasteiger partial charge in [0, 0.05) is 11.3 Å². The van der Waals surface area contributed by atoms with Crippen LogP contribution in [0.5, 0.6) is 0 Å². The van der Waals surface area contributed by atoms with Crippen molar-refractivity contribution >= 4 is 18.6 Å². The molecule has 4 nitrogen and oxygen atoms in total. The van der Waals surface area contributed by atoms with E-state index in [1.165, 1.54) is 6.20 Å². The molecule has 0 amide bonds. The molecule has 2 aromatic rings. The van der Waals surface area contributed by atoms with Crippen molar-refractivity contribution in [1.82, 2.24) is 5.16 Å². The monoisotopic (exact) mass is 235 g/mol. The van der Waals surface area contributed by atoms with Gasteiger partial charge in [0.15, 0.2) is 5.76 Å². The van der Waals surface area contributed by atoms with Crippen LogP contribution in [0.1, 0.15) is 21.7 Å². The largest absolute Gasteiger partial charge is 0.478 e. The molecule has 2 rings (SSSR count). The molecule has 1 aromatic carbocycles. The molecule has 0 spiro atoms. The molecule has 1 heterocycles. The summed E-state index contributed by atoms with van der Waals surface area (Å²) in [5, 5.41) is 12.4. The van der Waals surface area contributed by atoms with E-state index in [4.69, 9.17) is 9.63 Å². The summed E-state index contributed by atoms with van der Waals surface area (Å²) in [7, 11) is 0. The second-order valence-electron chi connectivity index (χ2n) is 3.27. The number of aromatic carboxylic acids is 1.